The van der Waals surface area contributed by atoms with Crippen LogP contribution < -0.4 is 10.1 Å². The van der Waals surface area contributed by atoms with Gasteiger partial charge in [0.1, 0.15) is 12.4 Å². The SMILES string of the molecule is CCOCCOc1cccc2c1NC(c1cccc(C)c1)C1CC=CC21. The molecule has 1 heterocycles. The van der Waals surface area contributed by atoms with Gasteiger partial charge in [0.15, 0.2) is 0 Å². The van der Waals surface area contributed by atoms with E-state index in [9.17, 15) is 0 Å². The Kier molecular flexibility index (Phi) is 4.98. The Morgan fingerprint density at radius 2 is 2.00 bits per heavy atom. The average Bonchev–Trinajstić information content (AvgIpc) is 3.15. The minimum Gasteiger partial charge on any atom is -0.489 e. The van der Waals surface area contributed by atoms with Crippen LogP contribution in [0.1, 0.15) is 42.0 Å². The molecule has 2 aromatic rings. The van der Waals surface area contributed by atoms with Crippen LogP contribution in [0.2, 0.25) is 0 Å². The molecule has 3 atom stereocenters. The Bertz CT molecular complexity index is 799. The van der Waals surface area contributed by atoms with E-state index in [2.05, 4.69) is 66.9 Å². The highest BCUT2D eigenvalue weighted by Crippen LogP contribution is 2.52. The Morgan fingerprint density at radius 1 is 1.12 bits per heavy atom. The number of para-hydroxylation sites is 1. The first kappa shape index (κ1) is 17.2. The summed E-state index contributed by atoms with van der Waals surface area (Å²) >= 11 is 0. The number of nitrogens with one attached hydrogen (secondary N) is 1. The van der Waals surface area contributed by atoms with E-state index in [0.717, 1.165) is 24.5 Å². The molecule has 2 aromatic carbocycles. The first-order chi connectivity index (χ1) is 12.8. The summed E-state index contributed by atoms with van der Waals surface area (Å²) in [6, 6.07) is 15.6. The van der Waals surface area contributed by atoms with Crippen LogP contribution in [0.5, 0.6) is 5.75 Å². The van der Waals surface area contributed by atoms with Gasteiger partial charge in [-0.3, -0.25) is 0 Å². The monoisotopic (exact) mass is 349 g/mol. The summed E-state index contributed by atoms with van der Waals surface area (Å²) in [4.78, 5) is 0. The Labute approximate surface area is 156 Å². The molecule has 3 unspecified atom stereocenters. The fourth-order valence-corrected chi connectivity index (χ4v) is 4.26. The lowest BCUT2D eigenvalue weighted by Gasteiger charge is -2.38. The van der Waals surface area contributed by atoms with Crippen molar-refractivity contribution in [3.8, 4) is 5.75 Å². The Morgan fingerprint density at radius 3 is 2.85 bits per heavy atom. The molecule has 0 radical (unpaired) electrons. The van der Waals surface area contributed by atoms with Crippen LogP contribution in [0.4, 0.5) is 5.69 Å². The third-order valence-corrected chi connectivity index (χ3v) is 5.45. The second kappa shape index (κ2) is 7.55. The number of benzene rings is 2. The summed E-state index contributed by atoms with van der Waals surface area (Å²) < 4.78 is 11.5. The quantitative estimate of drug-likeness (QED) is 0.572. The minimum absolute atomic E-state index is 0.305. The Balaban J connectivity index is 1.66. The zero-order chi connectivity index (χ0) is 17.9. The van der Waals surface area contributed by atoms with Gasteiger partial charge in [-0.05, 0) is 43.4 Å². The van der Waals surface area contributed by atoms with E-state index < -0.39 is 0 Å². The topological polar surface area (TPSA) is 30.5 Å². The number of allylic oxidation sites excluding steroid dienone is 2. The number of aryl methyl sites for hydroxylation is 1. The van der Waals surface area contributed by atoms with E-state index in [1.807, 2.05) is 6.92 Å². The van der Waals surface area contributed by atoms with Crippen molar-refractivity contribution >= 4 is 5.69 Å². The molecule has 1 N–H and O–H groups in total. The predicted molar refractivity (Wildman–Crippen MR) is 106 cm³/mol. The molecule has 1 aliphatic heterocycles. The second-order valence-electron chi connectivity index (χ2n) is 7.16. The van der Waals surface area contributed by atoms with Crippen molar-refractivity contribution in [3.63, 3.8) is 0 Å². The largest absolute Gasteiger partial charge is 0.489 e. The number of rotatable bonds is 6. The van der Waals surface area contributed by atoms with Crippen molar-refractivity contribution in [2.45, 2.75) is 32.2 Å². The average molecular weight is 349 g/mol. The molecular weight excluding hydrogens is 322 g/mol. The summed E-state index contributed by atoms with van der Waals surface area (Å²) in [6.07, 6.45) is 5.82. The minimum atomic E-state index is 0.305. The molecule has 3 nitrogen and oxygen atoms in total. The van der Waals surface area contributed by atoms with Gasteiger partial charge < -0.3 is 14.8 Å². The highest BCUT2D eigenvalue weighted by Gasteiger charge is 2.38. The first-order valence-electron chi connectivity index (χ1n) is 9.61. The van der Waals surface area contributed by atoms with Crippen LogP contribution in [0, 0.1) is 12.8 Å². The van der Waals surface area contributed by atoms with Gasteiger partial charge in [-0.1, -0.05) is 54.1 Å². The Hall–Kier alpha value is -2.26. The lowest BCUT2D eigenvalue weighted by Crippen LogP contribution is -2.29. The van der Waals surface area contributed by atoms with Gasteiger partial charge in [0.05, 0.1) is 18.3 Å². The van der Waals surface area contributed by atoms with Gasteiger partial charge in [0, 0.05) is 12.5 Å². The van der Waals surface area contributed by atoms with Gasteiger partial charge in [0.25, 0.3) is 0 Å². The molecule has 0 aromatic heterocycles. The van der Waals surface area contributed by atoms with E-state index in [1.165, 1.54) is 16.7 Å². The van der Waals surface area contributed by atoms with Crippen molar-refractivity contribution < 1.29 is 9.47 Å². The fraction of sp³-hybridized carbons (Fsp3) is 0.391. The number of hydrogen-bond donors (Lipinski definition) is 1. The summed E-state index contributed by atoms with van der Waals surface area (Å²) in [7, 11) is 0. The van der Waals surface area contributed by atoms with Crippen molar-refractivity contribution in [3.05, 3.63) is 71.3 Å². The van der Waals surface area contributed by atoms with Crippen LogP contribution in [0.15, 0.2) is 54.6 Å². The highest BCUT2D eigenvalue weighted by molar-refractivity contribution is 5.67. The third-order valence-electron chi connectivity index (χ3n) is 5.45. The van der Waals surface area contributed by atoms with Gasteiger partial charge in [0.2, 0.25) is 0 Å². The number of hydrogen-bond acceptors (Lipinski definition) is 3. The van der Waals surface area contributed by atoms with E-state index in [4.69, 9.17) is 9.47 Å². The van der Waals surface area contributed by atoms with Gasteiger partial charge >= 0.3 is 0 Å². The predicted octanol–water partition coefficient (Wildman–Crippen LogP) is 5.24. The summed E-state index contributed by atoms with van der Waals surface area (Å²) in [5, 5.41) is 3.82. The van der Waals surface area contributed by atoms with Gasteiger partial charge in [-0.2, -0.15) is 0 Å². The van der Waals surface area contributed by atoms with Crippen LogP contribution in [0.25, 0.3) is 0 Å². The molecule has 0 spiro atoms. The van der Waals surface area contributed by atoms with Crippen molar-refractivity contribution in [2.75, 3.05) is 25.1 Å². The van der Waals surface area contributed by atoms with E-state index in [1.54, 1.807) is 0 Å². The number of anilines is 1. The second-order valence-corrected chi connectivity index (χ2v) is 7.16. The molecule has 26 heavy (non-hydrogen) atoms. The zero-order valence-corrected chi connectivity index (χ0v) is 15.6. The fourth-order valence-electron chi connectivity index (χ4n) is 4.26. The molecule has 0 amide bonds. The molecule has 3 heteroatoms. The molecule has 1 aliphatic carbocycles. The van der Waals surface area contributed by atoms with Crippen LogP contribution in [-0.2, 0) is 4.74 Å². The summed E-state index contributed by atoms with van der Waals surface area (Å²) in [5.41, 5.74) is 5.15. The van der Waals surface area contributed by atoms with Crippen molar-refractivity contribution in [1.29, 1.82) is 0 Å². The molecule has 136 valence electrons. The van der Waals surface area contributed by atoms with Crippen molar-refractivity contribution in [2.24, 2.45) is 5.92 Å². The lowest BCUT2D eigenvalue weighted by molar-refractivity contribution is 0.110. The maximum atomic E-state index is 6.05. The summed E-state index contributed by atoms with van der Waals surface area (Å²) in [6.45, 7) is 6.08. The molecule has 0 saturated carbocycles. The summed E-state index contributed by atoms with van der Waals surface area (Å²) in [5.74, 6) is 1.94. The molecule has 2 aliphatic rings. The number of fused-ring (bicyclic) bond motifs is 3. The molecule has 0 saturated heterocycles. The van der Waals surface area contributed by atoms with Gasteiger partial charge in [-0.15, -0.1) is 0 Å². The van der Waals surface area contributed by atoms with Crippen LogP contribution in [0.3, 0.4) is 0 Å². The van der Waals surface area contributed by atoms with Gasteiger partial charge in [-0.25, -0.2) is 0 Å². The zero-order valence-electron chi connectivity index (χ0n) is 15.6. The maximum absolute atomic E-state index is 6.05. The normalized spacial score (nSPS) is 23.2. The highest BCUT2D eigenvalue weighted by atomic mass is 16.5. The maximum Gasteiger partial charge on any atom is 0.142 e. The lowest BCUT2D eigenvalue weighted by atomic mass is 9.76. The van der Waals surface area contributed by atoms with E-state index in [-0.39, 0.29) is 0 Å². The molecule has 0 bridgehead atoms. The molecule has 0 fully saturated rings. The number of ether oxygens (including phenoxy) is 2. The van der Waals surface area contributed by atoms with E-state index >= 15 is 0 Å². The van der Waals surface area contributed by atoms with E-state index in [0.29, 0.717) is 31.1 Å². The molecular formula is C23H27NO2. The third kappa shape index (κ3) is 3.24. The van der Waals surface area contributed by atoms with Crippen LogP contribution in [-0.4, -0.2) is 19.8 Å². The van der Waals surface area contributed by atoms with Crippen LogP contribution >= 0.6 is 0 Å². The van der Waals surface area contributed by atoms with Crippen molar-refractivity contribution in [1.82, 2.24) is 0 Å². The first-order valence-corrected chi connectivity index (χ1v) is 9.61. The smallest absolute Gasteiger partial charge is 0.142 e. The molecule has 4 rings (SSSR count). The standard InChI is InChI=1S/C23H27NO2/c1-3-25-13-14-26-21-12-6-11-20-18-9-5-10-19(18)22(24-23(20)21)17-8-4-7-16(2)15-17/h4-9,11-12,15,18-19,22,24H,3,10,13-14H2,1-2H3.